The fourth-order valence-electron chi connectivity index (χ4n) is 3.29. The number of halogens is 1. The van der Waals surface area contributed by atoms with E-state index in [0.29, 0.717) is 30.1 Å². The van der Waals surface area contributed by atoms with Crippen LogP contribution in [-0.4, -0.2) is 30.2 Å². The summed E-state index contributed by atoms with van der Waals surface area (Å²) in [7, 11) is 0. The Hall–Kier alpha value is -2.13. The molecule has 0 aliphatic carbocycles. The van der Waals surface area contributed by atoms with E-state index in [1.165, 1.54) is 0 Å². The van der Waals surface area contributed by atoms with E-state index in [1.54, 1.807) is 0 Å². The highest BCUT2D eigenvalue weighted by molar-refractivity contribution is 6.30. The maximum absolute atomic E-state index is 12.6. The molecule has 1 saturated heterocycles. The molecule has 0 spiro atoms. The number of benzene rings is 2. The van der Waals surface area contributed by atoms with Crippen molar-refractivity contribution < 1.29 is 9.59 Å². The van der Waals surface area contributed by atoms with E-state index in [9.17, 15) is 9.59 Å². The van der Waals surface area contributed by atoms with Gasteiger partial charge < -0.3 is 9.69 Å². The van der Waals surface area contributed by atoms with E-state index in [1.807, 2.05) is 59.5 Å². The molecular formula is C19H18ClNO2. The molecule has 0 N–H and O–H groups in total. The summed E-state index contributed by atoms with van der Waals surface area (Å²) in [4.78, 5) is 25.7. The Morgan fingerprint density at radius 3 is 2.48 bits per heavy atom. The van der Waals surface area contributed by atoms with E-state index in [2.05, 4.69) is 0 Å². The minimum atomic E-state index is -0.309. The number of likely N-dealkylation sites (tertiary alicyclic amines) is 1. The highest BCUT2D eigenvalue weighted by Crippen LogP contribution is 2.38. The van der Waals surface area contributed by atoms with Gasteiger partial charge in [-0.05, 0) is 36.2 Å². The fraction of sp³-hybridized carbons (Fsp3) is 0.263. The monoisotopic (exact) mass is 327 g/mol. The highest BCUT2D eigenvalue weighted by Gasteiger charge is 2.41. The third-order valence-electron chi connectivity index (χ3n) is 4.59. The average molecular weight is 328 g/mol. The van der Waals surface area contributed by atoms with Crippen LogP contribution in [0.3, 0.4) is 0 Å². The van der Waals surface area contributed by atoms with Crippen LogP contribution in [0, 0.1) is 0 Å². The van der Waals surface area contributed by atoms with Crippen LogP contribution in [0.15, 0.2) is 54.6 Å². The van der Waals surface area contributed by atoms with Crippen molar-refractivity contribution in [3.05, 3.63) is 70.7 Å². The van der Waals surface area contributed by atoms with E-state index in [0.717, 1.165) is 18.3 Å². The normalized spacial score (nSPS) is 20.5. The summed E-state index contributed by atoms with van der Waals surface area (Å²) in [6.07, 6.45) is 2.14. The van der Waals surface area contributed by atoms with Crippen LogP contribution >= 0.6 is 11.6 Å². The highest BCUT2D eigenvalue weighted by atomic mass is 35.5. The van der Waals surface area contributed by atoms with Gasteiger partial charge in [0.1, 0.15) is 6.29 Å². The Balaban J connectivity index is 1.85. The number of aldehydes is 1. The molecule has 2 aromatic carbocycles. The molecule has 23 heavy (non-hydrogen) atoms. The first kappa shape index (κ1) is 15.8. The molecule has 2 aromatic rings. The van der Waals surface area contributed by atoms with Crippen molar-refractivity contribution in [3.8, 4) is 0 Å². The lowest BCUT2D eigenvalue weighted by Gasteiger charge is -2.28. The standard InChI is InChI=1S/C19H18ClNO2/c20-17-8-6-16(7-9-17)19(11-13-22)10-12-21(14-19)18(23)15-4-2-1-3-5-15/h1-9,13H,10-12,14H2. The molecule has 4 heteroatoms. The van der Waals surface area contributed by atoms with Crippen LogP contribution in [0.4, 0.5) is 0 Å². The molecule has 118 valence electrons. The van der Waals surface area contributed by atoms with Crippen molar-refractivity contribution in [2.75, 3.05) is 13.1 Å². The second kappa shape index (κ2) is 6.55. The summed E-state index contributed by atoms with van der Waals surface area (Å²) in [5, 5.41) is 0.671. The Morgan fingerprint density at radius 2 is 1.83 bits per heavy atom. The number of hydrogen-bond acceptors (Lipinski definition) is 2. The number of hydrogen-bond donors (Lipinski definition) is 0. The van der Waals surface area contributed by atoms with E-state index in [-0.39, 0.29) is 11.3 Å². The van der Waals surface area contributed by atoms with Crippen LogP contribution in [-0.2, 0) is 10.2 Å². The second-order valence-electron chi connectivity index (χ2n) is 6.00. The molecular weight excluding hydrogens is 310 g/mol. The molecule has 0 radical (unpaired) electrons. The molecule has 1 unspecified atom stereocenters. The van der Waals surface area contributed by atoms with Gasteiger partial charge in [-0.1, -0.05) is 41.9 Å². The van der Waals surface area contributed by atoms with Crippen molar-refractivity contribution >= 4 is 23.8 Å². The number of carbonyl (C=O) groups is 2. The minimum Gasteiger partial charge on any atom is -0.338 e. The van der Waals surface area contributed by atoms with Crippen LogP contribution in [0.1, 0.15) is 28.8 Å². The molecule has 1 aliphatic heterocycles. The van der Waals surface area contributed by atoms with Gasteiger partial charge in [0, 0.05) is 35.5 Å². The minimum absolute atomic E-state index is 0.0207. The number of carbonyl (C=O) groups excluding carboxylic acids is 2. The van der Waals surface area contributed by atoms with Gasteiger partial charge in [0.05, 0.1) is 0 Å². The largest absolute Gasteiger partial charge is 0.338 e. The average Bonchev–Trinajstić information content (AvgIpc) is 3.01. The van der Waals surface area contributed by atoms with E-state index in [4.69, 9.17) is 11.6 Å². The zero-order valence-corrected chi connectivity index (χ0v) is 13.5. The van der Waals surface area contributed by atoms with Crippen molar-refractivity contribution in [1.29, 1.82) is 0 Å². The summed E-state index contributed by atoms with van der Waals surface area (Å²) < 4.78 is 0. The lowest BCUT2D eigenvalue weighted by atomic mass is 9.77. The first-order valence-electron chi connectivity index (χ1n) is 7.69. The van der Waals surface area contributed by atoms with Crippen LogP contribution in [0.2, 0.25) is 5.02 Å². The van der Waals surface area contributed by atoms with Crippen molar-refractivity contribution in [2.24, 2.45) is 0 Å². The second-order valence-corrected chi connectivity index (χ2v) is 6.44. The number of rotatable bonds is 4. The Labute approximate surface area is 140 Å². The van der Waals surface area contributed by atoms with Crippen molar-refractivity contribution in [2.45, 2.75) is 18.3 Å². The number of amides is 1. The fourth-order valence-corrected chi connectivity index (χ4v) is 3.42. The summed E-state index contributed by atoms with van der Waals surface area (Å²) in [5.74, 6) is 0.0207. The summed E-state index contributed by atoms with van der Waals surface area (Å²) in [5.41, 5.74) is 1.44. The van der Waals surface area contributed by atoms with Crippen molar-refractivity contribution in [1.82, 2.24) is 4.90 Å². The van der Waals surface area contributed by atoms with Crippen LogP contribution in [0.5, 0.6) is 0 Å². The third-order valence-corrected chi connectivity index (χ3v) is 4.84. The predicted octanol–water partition coefficient (Wildman–Crippen LogP) is 3.71. The quantitative estimate of drug-likeness (QED) is 0.803. The van der Waals surface area contributed by atoms with Gasteiger partial charge in [0.15, 0.2) is 0 Å². The van der Waals surface area contributed by atoms with Gasteiger partial charge in [0.2, 0.25) is 0 Å². The third kappa shape index (κ3) is 3.15. The zero-order valence-electron chi connectivity index (χ0n) is 12.7. The smallest absolute Gasteiger partial charge is 0.253 e. The van der Waals surface area contributed by atoms with Crippen molar-refractivity contribution in [3.63, 3.8) is 0 Å². The molecule has 0 bridgehead atoms. The molecule has 0 aromatic heterocycles. The molecule has 1 atom stereocenters. The topological polar surface area (TPSA) is 37.4 Å². The summed E-state index contributed by atoms with van der Waals surface area (Å²) in [6.45, 7) is 1.21. The first-order chi connectivity index (χ1) is 11.1. The molecule has 3 rings (SSSR count). The van der Waals surface area contributed by atoms with Gasteiger partial charge in [-0.3, -0.25) is 4.79 Å². The molecule has 1 fully saturated rings. The van der Waals surface area contributed by atoms with Gasteiger partial charge in [-0.25, -0.2) is 0 Å². The SMILES string of the molecule is O=CCC1(c2ccc(Cl)cc2)CCN(C(=O)c2ccccc2)C1. The van der Waals surface area contributed by atoms with Gasteiger partial charge >= 0.3 is 0 Å². The Bertz CT molecular complexity index is 699. The molecule has 1 amide bonds. The predicted molar refractivity (Wildman–Crippen MR) is 90.8 cm³/mol. The molecule has 0 saturated carbocycles. The van der Waals surface area contributed by atoms with Crippen LogP contribution in [0.25, 0.3) is 0 Å². The van der Waals surface area contributed by atoms with E-state index < -0.39 is 0 Å². The lowest BCUT2D eigenvalue weighted by molar-refractivity contribution is -0.108. The first-order valence-corrected chi connectivity index (χ1v) is 8.06. The summed E-state index contributed by atoms with van der Waals surface area (Å²) in [6, 6.07) is 16.9. The lowest BCUT2D eigenvalue weighted by Crippen LogP contribution is -2.34. The van der Waals surface area contributed by atoms with Gasteiger partial charge in [0.25, 0.3) is 5.91 Å². The Morgan fingerprint density at radius 1 is 1.13 bits per heavy atom. The van der Waals surface area contributed by atoms with E-state index >= 15 is 0 Å². The number of nitrogens with zero attached hydrogens (tertiary/aromatic N) is 1. The molecule has 1 aliphatic rings. The molecule has 1 heterocycles. The molecule has 3 nitrogen and oxygen atoms in total. The maximum atomic E-state index is 12.6. The summed E-state index contributed by atoms with van der Waals surface area (Å²) >= 11 is 5.97. The maximum Gasteiger partial charge on any atom is 0.253 e. The van der Waals surface area contributed by atoms with Crippen LogP contribution < -0.4 is 0 Å². The Kier molecular flexibility index (Phi) is 4.49. The van der Waals surface area contributed by atoms with Gasteiger partial charge in [-0.15, -0.1) is 0 Å². The van der Waals surface area contributed by atoms with Gasteiger partial charge in [-0.2, -0.15) is 0 Å². The zero-order chi connectivity index (χ0) is 16.3.